The molecule has 1 aromatic carbocycles. The van der Waals surface area contributed by atoms with Gasteiger partial charge < -0.3 is 4.74 Å². The molecule has 0 saturated carbocycles. The number of sulfonamides is 1. The Balaban J connectivity index is 1.58. The molecule has 2 aliphatic heterocycles. The van der Waals surface area contributed by atoms with Crippen LogP contribution in [0.3, 0.4) is 0 Å². The maximum atomic E-state index is 13.2. The standard InChI is InChI=1S/C17H20N4O4S/c1-25-17(22)12-2-6-16(7-3-12)26(23,24)20-13-4-5-14(20)11-15(10-13)21-18-8-9-19-21/h2-3,6-9,13-15H,4-5,10-11H2,1H3. The zero-order valence-corrected chi connectivity index (χ0v) is 15.2. The van der Waals surface area contributed by atoms with Crippen molar-refractivity contribution in [3.05, 3.63) is 42.2 Å². The Bertz CT molecular complexity index is 881. The molecule has 138 valence electrons. The Labute approximate surface area is 151 Å². The first-order valence-corrected chi connectivity index (χ1v) is 10.0. The summed E-state index contributed by atoms with van der Waals surface area (Å²) in [6.45, 7) is 0. The van der Waals surface area contributed by atoms with Crippen molar-refractivity contribution in [3.8, 4) is 0 Å². The molecule has 0 N–H and O–H groups in total. The smallest absolute Gasteiger partial charge is 0.337 e. The molecule has 0 spiro atoms. The molecule has 2 unspecified atom stereocenters. The van der Waals surface area contributed by atoms with E-state index in [1.807, 2.05) is 0 Å². The van der Waals surface area contributed by atoms with Gasteiger partial charge in [-0.2, -0.15) is 19.3 Å². The first-order valence-electron chi connectivity index (χ1n) is 8.58. The number of carbonyl (C=O) groups is 1. The summed E-state index contributed by atoms with van der Waals surface area (Å²) < 4.78 is 32.6. The van der Waals surface area contributed by atoms with Gasteiger partial charge in [-0.15, -0.1) is 0 Å². The molecule has 0 radical (unpaired) electrons. The van der Waals surface area contributed by atoms with Crippen LogP contribution in [0.2, 0.25) is 0 Å². The van der Waals surface area contributed by atoms with E-state index in [9.17, 15) is 13.2 Å². The number of esters is 1. The number of rotatable bonds is 4. The van der Waals surface area contributed by atoms with Crippen molar-refractivity contribution in [2.45, 2.75) is 48.7 Å². The highest BCUT2D eigenvalue weighted by molar-refractivity contribution is 7.89. The Morgan fingerprint density at radius 1 is 1.04 bits per heavy atom. The number of hydrogen-bond donors (Lipinski definition) is 0. The van der Waals surface area contributed by atoms with Gasteiger partial charge in [0.15, 0.2) is 0 Å². The molecule has 9 heteroatoms. The Morgan fingerprint density at radius 3 is 2.15 bits per heavy atom. The van der Waals surface area contributed by atoms with Crippen LogP contribution in [-0.2, 0) is 14.8 Å². The third-order valence-electron chi connectivity index (χ3n) is 5.26. The normalized spacial score (nSPS) is 26.0. The molecule has 2 atom stereocenters. The largest absolute Gasteiger partial charge is 0.465 e. The first-order chi connectivity index (χ1) is 12.5. The predicted octanol–water partition coefficient (Wildman–Crippen LogP) is 1.62. The zero-order chi connectivity index (χ0) is 18.3. The summed E-state index contributed by atoms with van der Waals surface area (Å²) in [5.41, 5.74) is 0.331. The highest BCUT2D eigenvalue weighted by Gasteiger charge is 2.48. The average Bonchev–Trinajstić information content (AvgIpc) is 3.28. The van der Waals surface area contributed by atoms with Crippen molar-refractivity contribution in [1.82, 2.24) is 19.3 Å². The van der Waals surface area contributed by atoms with Gasteiger partial charge in [-0.1, -0.05) is 0 Å². The van der Waals surface area contributed by atoms with Crippen LogP contribution >= 0.6 is 0 Å². The van der Waals surface area contributed by atoms with Gasteiger partial charge in [-0.3, -0.25) is 0 Å². The number of methoxy groups -OCH3 is 1. The lowest BCUT2D eigenvalue weighted by atomic mass is 10.0. The van der Waals surface area contributed by atoms with E-state index in [1.54, 1.807) is 21.5 Å². The van der Waals surface area contributed by atoms with Gasteiger partial charge in [0.25, 0.3) is 0 Å². The van der Waals surface area contributed by atoms with E-state index in [0.29, 0.717) is 18.4 Å². The minimum absolute atomic E-state index is 0.0463. The number of ether oxygens (including phenoxy) is 1. The second kappa shape index (κ2) is 6.48. The van der Waals surface area contributed by atoms with Crippen LogP contribution in [0, 0.1) is 0 Å². The van der Waals surface area contributed by atoms with Gasteiger partial charge in [0, 0.05) is 12.1 Å². The van der Waals surface area contributed by atoms with Crippen molar-refractivity contribution in [2.24, 2.45) is 0 Å². The van der Waals surface area contributed by atoms with Crippen molar-refractivity contribution < 1.29 is 17.9 Å². The van der Waals surface area contributed by atoms with E-state index in [-0.39, 0.29) is 23.0 Å². The summed E-state index contributed by atoms with van der Waals surface area (Å²) in [5, 5.41) is 8.42. The molecule has 3 heterocycles. The molecular weight excluding hydrogens is 356 g/mol. The van der Waals surface area contributed by atoms with Crippen molar-refractivity contribution in [2.75, 3.05) is 7.11 Å². The molecule has 0 aliphatic carbocycles. The van der Waals surface area contributed by atoms with Gasteiger partial charge in [0.1, 0.15) is 0 Å². The number of carbonyl (C=O) groups excluding carboxylic acids is 1. The van der Waals surface area contributed by atoms with E-state index >= 15 is 0 Å². The second-order valence-electron chi connectivity index (χ2n) is 6.71. The van der Waals surface area contributed by atoms with Crippen LogP contribution in [0.25, 0.3) is 0 Å². The maximum Gasteiger partial charge on any atom is 0.337 e. The fourth-order valence-corrected chi connectivity index (χ4v) is 5.99. The summed E-state index contributed by atoms with van der Waals surface area (Å²) in [4.78, 5) is 13.4. The fraction of sp³-hybridized carbons (Fsp3) is 0.471. The highest BCUT2D eigenvalue weighted by atomic mass is 32.2. The molecule has 2 fully saturated rings. The molecule has 26 heavy (non-hydrogen) atoms. The number of benzene rings is 1. The molecule has 2 aromatic rings. The van der Waals surface area contributed by atoms with Crippen LogP contribution in [-0.4, -0.2) is 52.9 Å². The Morgan fingerprint density at radius 2 is 1.62 bits per heavy atom. The van der Waals surface area contributed by atoms with Crippen LogP contribution < -0.4 is 0 Å². The van der Waals surface area contributed by atoms with Gasteiger partial charge in [-0.25, -0.2) is 13.2 Å². The van der Waals surface area contributed by atoms with Gasteiger partial charge in [0.2, 0.25) is 10.0 Å². The average molecular weight is 376 g/mol. The molecule has 1 aromatic heterocycles. The summed E-state index contributed by atoms with van der Waals surface area (Å²) in [7, 11) is -2.31. The molecule has 2 saturated heterocycles. The van der Waals surface area contributed by atoms with Crippen molar-refractivity contribution in [3.63, 3.8) is 0 Å². The highest BCUT2D eigenvalue weighted by Crippen LogP contribution is 2.43. The SMILES string of the molecule is COC(=O)c1ccc(S(=O)(=O)N2C3CCC2CC(n2nccn2)C3)cc1. The number of nitrogens with zero attached hydrogens (tertiary/aromatic N) is 4. The number of fused-ring (bicyclic) bond motifs is 2. The molecule has 8 nitrogen and oxygen atoms in total. The fourth-order valence-electron chi connectivity index (χ4n) is 4.10. The lowest BCUT2D eigenvalue weighted by Gasteiger charge is -2.37. The van der Waals surface area contributed by atoms with E-state index in [2.05, 4.69) is 14.9 Å². The van der Waals surface area contributed by atoms with Crippen LogP contribution in [0.5, 0.6) is 0 Å². The molecule has 4 rings (SSSR count). The molecule has 2 aliphatic rings. The zero-order valence-electron chi connectivity index (χ0n) is 14.4. The minimum Gasteiger partial charge on any atom is -0.465 e. The third-order valence-corrected chi connectivity index (χ3v) is 7.27. The molecule has 0 amide bonds. The monoisotopic (exact) mass is 376 g/mol. The van der Waals surface area contributed by atoms with Gasteiger partial charge in [-0.05, 0) is 49.9 Å². The summed E-state index contributed by atoms with van der Waals surface area (Å²) >= 11 is 0. The third kappa shape index (κ3) is 2.80. The Kier molecular flexibility index (Phi) is 4.28. The quantitative estimate of drug-likeness (QED) is 0.753. The van der Waals surface area contributed by atoms with Crippen LogP contribution in [0.4, 0.5) is 0 Å². The lowest BCUT2D eigenvalue weighted by molar-refractivity contribution is 0.0600. The Hall–Kier alpha value is -2.26. The summed E-state index contributed by atoms with van der Waals surface area (Å²) in [6.07, 6.45) is 6.42. The number of hydrogen-bond acceptors (Lipinski definition) is 6. The van der Waals surface area contributed by atoms with Crippen LogP contribution in [0.1, 0.15) is 42.1 Å². The van der Waals surface area contributed by atoms with Crippen molar-refractivity contribution in [1.29, 1.82) is 0 Å². The molecule has 2 bridgehead atoms. The molecular formula is C17H20N4O4S. The minimum atomic E-state index is -3.61. The van der Waals surface area contributed by atoms with E-state index in [1.165, 1.54) is 31.4 Å². The maximum absolute atomic E-state index is 13.2. The second-order valence-corrected chi connectivity index (χ2v) is 8.55. The van der Waals surface area contributed by atoms with Gasteiger partial charge in [0.05, 0.1) is 36.0 Å². The summed E-state index contributed by atoms with van der Waals surface area (Å²) in [5.74, 6) is -0.485. The van der Waals surface area contributed by atoms with Crippen molar-refractivity contribution >= 4 is 16.0 Å². The summed E-state index contributed by atoms with van der Waals surface area (Å²) in [6, 6.07) is 5.97. The van der Waals surface area contributed by atoms with Gasteiger partial charge >= 0.3 is 5.97 Å². The first kappa shape index (κ1) is 17.2. The van der Waals surface area contributed by atoms with E-state index in [0.717, 1.165) is 12.8 Å². The van der Waals surface area contributed by atoms with Crippen LogP contribution in [0.15, 0.2) is 41.6 Å². The lowest BCUT2D eigenvalue weighted by Crippen LogP contribution is -2.47. The number of aromatic nitrogens is 3. The van der Waals surface area contributed by atoms with E-state index < -0.39 is 16.0 Å². The number of piperidine rings is 1. The van der Waals surface area contributed by atoms with E-state index in [4.69, 9.17) is 0 Å². The predicted molar refractivity (Wildman–Crippen MR) is 91.9 cm³/mol. The topological polar surface area (TPSA) is 94.4 Å².